The summed E-state index contributed by atoms with van der Waals surface area (Å²) >= 11 is 0. The van der Waals surface area contributed by atoms with Gasteiger partial charge in [-0.3, -0.25) is 0 Å². The number of carboxylic acids is 1. The maximum Gasteiger partial charge on any atom is 0.354 e. The molecule has 0 aliphatic carbocycles. The third kappa shape index (κ3) is 2.48. The zero-order valence-electron chi connectivity index (χ0n) is 10.3. The zero-order chi connectivity index (χ0) is 13.1. The van der Waals surface area contributed by atoms with E-state index in [2.05, 4.69) is 4.98 Å². The van der Waals surface area contributed by atoms with E-state index in [-0.39, 0.29) is 5.69 Å². The van der Waals surface area contributed by atoms with Crippen LogP contribution in [0.5, 0.6) is 0 Å². The summed E-state index contributed by atoms with van der Waals surface area (Å²) in [7, 11) is 1.92. The lowest BCUT2D eigenvalue weighted by Crippen LogP contribution is -2.10. The summed E-state index contributed by atoms with van der Waals surface area (Å²) < 4.78 is 0. The van der Waals surface area contributed by atoms with Crippen molar-refractivity contribution in [1.29, 1.82) is 0 Å². The SMILES string of the molecule is Cc1ccc(N(C)c2ccc(C(=O)O)nc2)cc1. The molecule has 18 heavy (non-hydrogen) atoms. The van der Waals surface area contributed by atoms with Crippen molar-refractivity contribution in [3.05, 3.63) is 53.9 Å². The van der Waals surface area contributed by atoms with Crippen molar-refractivity contribution in [3.8, 4) is 0 Å². The number of hydrogen-bond acceptors (Lipinski definition) is 3. The Labute approximate surface area is 106 Å². The van der Waals surface area contributed by atoms with Crippen molar-refractivity contribution in [3.63, 3.8) is 0 Å². The fraction of sp³-hybridized carbons (Fsp3) is 0.143. The molecule has 0 atom stereocenters. The molecular formula is C14H14N2O2. The van der Waals surface area contributed by atoms with Crippen molar-refractivity contribution in [2.45, 2.75) is 6.92 Å². The molecule has 0 fully saturated rings. The molecule has 0 saturated heterocycles. The van der Waals surface area contributed by atoms with Crippen molar-refractivity contribution in [1.82, 2.24) is 4.98 Å². The number of rotatable bonds is 3. The fourth-order valence-electron chi connectivity index (χ4n) is 1.63. The average Bonchev–Trinajstić information content (AvgIpc) is 2.39. The van der Waals surface area contributed by atoms with E-state index in [0.29, 0.717) is 0 Å². The van der Waals surface area contributed by atoms with E-state index in [4.69, 9.17) is 5.11 Å². The first-order chi connectivity index (χ1) is 8.58. The highest BCUT2D eigenvalue weighted by Gasteiger charge is 2.07. The van der Waals surface area contributed by atoms with Crippen molar-refractivity contribution in [2.75, 3.05) is 11.9 Å². The van der Waals surface area contributed by atoms with Gasteiger partial charge in [-0.05, 0) is 31.2 Å². The Kier molecular flexibility index (Phi) is 3.28. The standard InChI is InChI=1S/C14H14N2O2/c1-10-3-5-11(6-4-10)16(2)12-7-8-13(14(17)18)15-9-12/h3-9H,1-2H3,(H,17,18). The molecule has 0 spiro atoms. The van der Waals surface area contributed by atoms with E-state index in [1.54, 1.807) is 12.3 Å². The van der Waals surface area contributed by atoms with E-state index in [9.17, 15) is 4.79 Å². The van der Waals surface area contributed by atoms with Gasteiger partial charge < -0.3 is 10.0 Å². The Hall–Kier alpha value is -2.36. The number of nitrogens with zero attached hydrogens (tertiary/aromatic N) is 2. The van der Waals surface area contributed by atoms with Gasteiger partial charge in [-0.25, -0.2) is 9.78 Å². The van der Waals surface area contributed by atoms with Gasteiger partial charge in [0.1, 0.15) is 5.69 Å². The van der Waals surface area contributed by atoms with Gasteiger partial charge in [-0.2, -0.15) is 0 Å². The van der Waals surface area contributed by atoms with E-state index in [1.807, 2.05) is 43.1 Å². The minimum absolute atomic E-state index is 0.0519. The molecule has 0 amide bonds. The summed E-state index contributed by atoms with van der Waals surface area (Å²) in [5.41, 5.74) is 3.14. The van der Waals surface area contributed by atoms with Gasteiger partial charge in [0.15, 0.2) is 0 Å². The molecule has 2 aromatic rings. The lowest BCUT2D eigenvalue weighted by Gasteiger charge is -2.19. The molecule has 1 aromatic carbocycles. The van der Waals surface area contributed by atoms with E-state index in [1.165, 1.54) is 11.6 Å². The molecule has 1 aromatic heterocycles. The van der Waals surface area contributed by atoms with Gasteiger partial charge in [0.2, 0.25) is 0 Å². The van der Waals surface area contributed by atoms with Crippen LogP contribution in [0.3, 0.4) is 0 Å². The normalized spacial score (nSPS) is 10.1. The van der Waals surface area contributed by atoms with Gasteiger partial charge in [-0.15, -0.1) is 0 Å². The lowest BCUT2D eigenvalue weighted by molar-refractivity contribution is 0.0690. The third-order valence-electron chi connectivity index (χ3n) is 2.78. The predicted molar refractivity (Wildman–Crippen MR) is 70.4 cm³/mol. The minimum Gasteiger partial charge on any atom is -0.477 e. The first kappa shape index (κ1) is 12.1. The zero-order valence-corrected chi connectivity index (χ0v) is 10.3. The minimum atomic E-state index is -1.01. The molecule has 0 aliphatic rings. The number of aryl methyl sites for hydroxylation is 1. The second-order valence-electron chi connectivity index (χ2n) is 4.10. The van der Waals surface area contributed by atoms with Crippen LogP contribution in [0.15, 0.2) is 42.6 Å². The molecule has 0 unspecified atom stereocenters. The number of pyridine rings is 1. The van der Waals surface area contributed by atoms with Crippen LogP contribution in [0.25, 0.3) is 0 Å². The van der Waals surface area contributed by atoms with E-state index in [0.717, 1.165) is 11.4 Å². The quantitative estimate of drug-likeness (QED) is 0.899. The Balaban J connectivity index is 2.25. The number of hydrogen-bond donors (Lipinski definition) is 1. The first-order valence-corrected chi connectivity index (χ1v) is 5.57. The summed E-state index contributed by atoms with van der Waals surface area (Å²) in [6, 6.07) is 11.3. The number of carboxylic acid groups (broad SMARTS) is 1. The van der Waals surface area contributed by atoms with Crippen molar-refractivity contribution < 1.29 is 9.90 Å². The summed E-state index contributed by atoms with van der Waals surface area (Å²) in [5, 5.41) is 8.79. The second-order valence-corrected chi connectivity index (χ2v) is 4.10. The Morgan fingerprint density at radius 1 is 1.11 bits per heavy atom. The molecule has 4 heteroatoms. The summed E-state index contributed by atoms with van der Waals surface area (Å²) in [6.07, 6.45) is 1.56. The maximum absolute atomic E-state index is 10.7. The van der Waals surface area contributed by atoms with Crippen LogP contribution in [-0.2, 0) is 0 Å². The van der Waals surface area contributed by atoms with Crippen molar-refractivity contribution >= 4 is 17.3 Å². The highest BCUT2D eigenvalue weighted by molar-refractivity contribution is 5.85. The molecule has 0 aliphatic heterocycles. The van der Waals surface area contributed by atoms with Crippen LogP contribution in [0, 0.1) is 6.92 Å². The van der Waals surface area contributed by atoms with Crippen LogP contribution in [0.1, 0.15) is 16.1 Å². The van der Waals surface area contributed by atoms with Crippen molar-refractivity contribution in [2.24, 2.45) is 0 Å². The molecular weight excluding hydrogens is 228 g/mol. The number of aromatic nitrogens is 1. The number of carbonyl (C=O) groups is 1. The highest BCUT2D eigenvalue weighted by atomic mass is 16.4. The van der Waals surface area contributed by atoms with Gasteiger partial charge in [0.25, 0.3) is 0 Å². The van der Waals surface area contributed by atoms with E-state index >= 15 is 0 Å². The summed E-state index contributed by atoms with van der Waals surface area (Å²) in [5.74, 6) is -1.01. The molecule has 0 saturated carbocycles. The fourth-order valence-corrected chi connectivity index (χ4v) is 1.63. The largest absolute Gasteiger partial charge is 0.477 e. The summed E-state index contributed by atoms with van der Waals surface area (Å²) in [4.78, 5) is 16.6. The number of benzene rings is 1. The molecule has 2 rings (SSSR count). The first-order valence-electron chi connectivity index (χ1n) is 5.57. The predicted octanol–water partition coefficient (Wildman–Crippen LogP) is 2.86. The highest BCUT2D eigenvalue weighted by Crippen LogP contribution is 2.22. The van der Waals surface area contributed by atoms with Crippen LogP contribution in [0.2, 0.25) is 0 Å². The third-order valence-corrected chi connectivity index (χ3v) is 2.78. The molecule has 4 nitrogen and oxygen atoms in total. The number of anilines is 2. The molecule has 0 bridgehead atoms. The summed E-state index contributed by atoms with van der Waals surface area (Å²) in [6.45, 7) is 2.03. The Bertz CT molecular complexity index is 547. The molecule has 92 valence electrons. The number of aromatic carboxylic acids is 1. The Morgan fingerprint density at radius 3 is 2.22 bits per heavy atom. The van der Waals surface area contributed by atoms with Crippen LogP contribution < -0.4 is 4.90 Å². The lowest BCUT2D eigenvalue weighted by atomic mass is 10.2. The molecule has 1 heterocycles. The van der Waals surface area contributed by atoms with Gasteiger partial charge >= 0.3 is 5.97 Å². The topological polar surface area (TPSA) is 53.4 Å². The average molecular weight is 242 g/mol. The molecule has 0 radical (unpaired) electrons. The Morgan fingerprint density at radius 2 is 1.72 bits per heavy atom. The monoisotopic (exact) mass is 242 g/mol. The molecule has 1 N–H and O–H groups in total. The van der Waals surface area contributed by atoms with Crippen LogP contribution >= 0.6 is 0 Å². The van der Waals surface area contributed by atoms with Crippen LogP contribution in [-0.4, -0.2) is 23.1 Å². The van der Waals surface area contributed by atoms with E-state index < -0.39 is 5.97 Å². The van der Waals surface area contributed by atoms with Crippen LogP contribution in [0.4, 0.5) is 11.4 Å². The van der Waals surface area contributed by atoms with Gasteiger partial charge in [0.05, 0.1) is 11.9 Å². The van der Waals surface area contributed by atoms with Gasteiger partial charge in [0, 0.05) is 12.7 Å². The second kappa shape index (κ2) is 4.87. The smallest absolute Gasteiger partial charge is 0.354 e. The van der Waals surface area contributed by atoms with Gasteiger partial charge in [-0.1, -0.05) is 17.7 Å². The maximum atomic E-state index is 10.7.